The number of likely N-dealkylation sites (N-methyl/N-ethyl adjacent to an activating group) is 1. The van der Waals surface area contributed by atoms with Gasteiger partial charge >= 0.3 is 0 Å². The standard InChI is InChI=1S/C17H25N5O/c1-21(13-17(23)14-5-3-2-4-6-14)11-15-12-22(20-19-15)16-7-9-18-10-8-16/h2-6,12,16-18,23H,7-11,13H2,1H3. The highest BCUT2D eigenvalue weighted by molar-refractivity contribution is 5.17. The summed E-state index contributed by atoms with van der Waals surface area (Å²) < 4.78 is 2.00. The maximum absolute atomic E-state index is 10.3. The smallest absolute Gasteiger partial charge is 0.0967 e. The number of nitrogens with one attached hydrogen (secondary N) is 1. The number of rotatable bonds is 6. The molecular weight excluding hydrogens is 290 g/mol. The number of hydrogen-bond acceptors (Lipinski definition) is 5. The highest BCUT2D eigenvalue weighted by atomic mass is 16.3. The van der Waals surface area contributed by atoms with Gasteiger partial charge in [0.2, 0.25) is 0 Å². The van der Waals surface area contributed by atoms with E-state index in [0.717, 1.165) is 37.2 Å². The topological polar surface area (TPSA) is 66.2 Å². The Morgan fingerprint density at radius 3 is 2.78 bits per heavy atom. The Balaban J connectivity index is 1.53. The molecule has 0 spiro atoms. The average Bonchev–Trinajstić information content (AvgIpc) is 3.04. The van der Waals surface area contributed by atoms with Crippen molar-refractivity contribution in [2.75, 3.05) is 26.7 Å². The van der Waals surface area contributed by atoms with Gasteiger partial charge < -0.3 is 10.4 Å². The molecule has 0 bridgehead atoms. The molecule has 23 heavy (non-hydrogen) atoms. The fourth-order valence-corrected chi connectivity index (χ4v) is 3.05. The van der Waals surface area contributed by atoms with E-state index in [1.54, 1.807) is 0 Å². The highest BCUT2D eigenvalue weighted by Crippen LogP contribution is 2.18. The number of benzene rings is 1. The van der Waals surface area contributed by atoms with E-state index in [-0.39, 0.29) is 0 Å². The lowest BCUT2D eigenvalue weighted by molar-refractivity contribution is 0.123. The van der Waals surface area contributed by atoms with E-state index in [9.17, 15) is 5.11 Å². The molecule has 1 saturated heterocycles. The summed E-state index contributed by atoms with van der Waals surface area (Å²) in [5.74, 6) is 0. The molecule has 0 saturated carbocycles. The lowest BCUT2D eigenvalue weighted by atomic mass is 10.1. The van der Waals surface area contributed by atoms with E-state index in [0.29, 0.717) is 19.1 Å². The second-order valence-corrected chi connectivity index (χ2v) is 6.29. The first-order valence-corrected chi connectivity index (χ1v) is 8.25. The Kier molecular flexibility index (Phi) is 5.38. The maximum Gasteiger partial charge on any atom is 0.0967 e. The van der Waals surface area contributed by atoms with Crippen LogP contribution in [0.15, 0.2) is 36.5 Å². The Morgan fingerprint density at radius 2 is 2.04 bits per heavy atom. The molecule has 1 atom stereocenters. The molecule has 0 aliphatic carbocycles. The van der Waals surface area contributed by atoms with E-state index < -0.39 is 6.10 Å². The van der Waals surface area contributed by atoms with E-state index in [1.807, 2.05) is 48.3 Å². The molecule has 6 nitrogen and oxygen atoms in total. The fourth-order valence-electron chi connectivity index (χ4n) is 3.05. The summed E-state index contributed by atoms with van der Waals surface area (Å²) in [5.41, 5.74) is 1.89. The highest BCUT2D eigenvalue weighted by Gasteiger charge is 2.17. The summed E-state index contributed by atoms with van der Waals surface area (Å²) in [6.45, 7) is 3.35. The third kappa shape index (κ3) is 4.37. The van der Waals surface area contributed by atoms with Crippen molar-refractivity contribution in [3.63, 3.8) is 0 Å². The minimum Gasteiger partial charge on any atom is -0.387 e. The zero-order valence-electron chi connectivity index (χ0n) is 13.6. The van der Waals surface area contributed by atoms with Crippen LogP contribution >= 0.6 is 0 Å². The first kappa shape index (κ1) is 16.1. The molecular formula is C17H25N5O. The monoisotopic (exact) mass is 315 g/mol. The third-order valence-corrected chi connectivity index (χ3v) is 4.34. The molecule has 1 aromatic carbocycles. The number of aromatic nitrogens is 3. The zero-order valence-corrected chi connectivity index (χ0v) is 13.6. The zero-order chi connectivity index (χ0) is 16.1. The van der Waals surface area contributed by atoms with Crippen LogP contribution < -0.4 is 5.32 Å². The number of nitrogens with zero attached hydrogens (tertiary/aromatic N) is 4. The van der Waals surface area contributed by atoms with Crippen LogP contribution in [-0.2, 0) is 6.54 Å². The van der Waals surface area contributed by atoms with Gasteiger partial charge in [-0.15, -0.1) is 5.10 Å². The Hall–Kier alpha value is -1.76. The second-order valence-electron chi connectivity index (χ2n) is 6.29. The normalized spacial score (nSPS) is 17.5. The maximum atomic E-state index is 10.3. The lowest BCUT2D eigenvalue weighted by Gasteiger charge is -2.22. The van der Waals surface area contributed by atoms with Crippen molar-refractivity contribution >= 4 is 0 Å². The van der Waals surface area contributed by atoms with Crippen molar-refractivity contribution in [3.8, 4) is 0 Å². The molecule has 0 amide bonds. The average molecular weight is 315 g/mol. The fraction of sp³-hybridized carbons (Fsp3) is 0.529. The van der Waals surface area contributed by atoms with Crippen molar-refractivity contribution < 1.29 is 5.11 Å². The van der Waals surface area contributed by atoms with Crippen molar-refractivity contribution in [2.45, 2.75) is 31.5 Å². The van der Waals surface area contributed by atoms with Gasteiger partial charge in [0.15, 0.2) is 0 Å². The number of aliphatic hydroxyl groups is 1. The molecule has 1 unspecified atom stereocenters. The molecule has 1 fully saturated rings. The molecule has 124 valence electrons. The third-order valence-electron chi connectivity index (χ3n) is 4.34. The predicted molar refractivity (Wildman–Crippen MR) is 88.9 cm³/mol. The molecule has 2 aromatic rings. The van der Waals surface area contributed by atoms with E-state index >= 15 is 0 Å². The first-order chi connectivity index (χ1) is 11.2. The van der Waals surface area contributed by atoms with Crippen LogP contribution in [0.2, 0.25) is 0 Å². The summed E-state index contributed by atoms with van der Waals surface area (Å²) in [5, 5.41) is 22.2. The minimum atomic E-state index is -0.485. The van der Waals surface area contributed by atoms with Gasteiger partial charge in [0.05, 0.1) is 24.0 Å². The van der Waals surface area contributed by atoms with E-state index in [1.165, 1.54) is 0 Å². The largest absolute Gasteiger partial charge is 0.387 e. The number of piperidine rings is 1. The summed E-state index contributed by atoms with van der Waals surface area (Å²) in [7, 11) is 2.00. The van der Waals surface area contributed by atoms with Crippen molar-refractivity contribution in [3.05, 3.63) is 47.8 Å². The summed E-state index contributed by atoms with van der Waals surface area (Å²) in [6.07, 6.45) is 3.76. The van der Waals surface area contributed by atoms with E-state index in [4.69, 9.17) is 0 Å². The first-order valence-electron chi connectivity index (χ1n) is 8.25. The molecule has 3 rings (SSSR count). The van der Waals surface area contributed by atoms with Gasteiger partial charge in [-0.05, 0) is 38.5 Å². The molecule has 1 aromatic heterocycles. The molecule has 0 radical (unpaired) electrons. The van der Waals surface area contributed by atoms with Gasteiger partial charge in [0.25, 0.3) is 0 Å². The Bertz CT molecular complexity index is 594. The van der Waals surface area contributed by atoms with Crippen LogP contribution in [0.3, 0.4) is 0 Å². The van der Waals surface area contributed by atoms with Crippen molar-refractivity contribution in [1.82, 2.24) is 25.2 Å². The molecule has 6 heteroatoms. The SMILES string of the molecule is CN(Cc1cn(C2CCNCC2)nn1)CC(O)c1ccccc1. The van der Waals surface area contributed by atoms with Gasteiger partial charge in [-0.3, -0.25) is 4.90 Å². The molecule has 2 N–H and O–H groups in total. The Labute approximate surface area is 137 Å². The summed E-state index contributed by atoms with van der Waals surface area (Å²) in [6, 6.07) is 10.2. The van der Waals surface area contributed by atoms with Crippen molar-refractivity contribution in [2.24, 2.45) is 0 Å². The molecule has 2 heterocycles. The van der Waals surface area contributed by atoms with Crippen LogP contribution in [0.25, 0.3) is 0 Å². The van der Waals surface area contributed by atoms with Gasteiger partial charge in [0, 0.05) is 13.1 Å². The second kappa shape index (κ2) is 7.68. The lowest BCUT2D eigenvalue weighted by Crippen LogP contribution is -2.29. The van der Waals surface area contributed by atoms with Gasteiger partial charge in [-0.1, -0.05) is 35.5 Å². The predicted octanol–water partition coefficient (Wildman–Crippen LogP) is 1.37. The number of hydrogen-bond donors (Lipinski definition) is 2. The summed E-state index contributed by atoms with van der Waals surface area (Å²) in [4.78, 5) is 2.08. The Morgan fingerprint density at radius 1 is 1.30 bits per heavy atom. The van der Waals surface area contributed by atoms with Crippen LogP contribution in [-0.4, -0.2) is 51.7 Å². The molecule has 1 aliphatic heterocycles. The minimum absolute atomic E-state index is 0.456. The van der Waals surface area contributed by atoms with Gasteiger partial charge in [-0.2, -0.15) is 0 Å². The van der Waals surface area contributed by atoms with Gasteiger partial charge in [-0.25, -0.2) is 4.68 Å². The van der Waals surface area contributed by atoms with Crippen LogP contribution in [0.5, 0.6) is 0 Å². The van der Waals surface area contributed by atoms with Crippen molar-refractivity contribution in [1.29, 1.82) is 0 Å². The van der Waals surface area contributed by atoms with Crippen LogP contribution in [0.1, 0.15) is 36.2 Å². The number of aliphatic hydroxyl groups excluding tert-OH is 1. The van der Waals surface area contributed by atoms with Gasteiger partial charge in [0.1, 0.15) is 0 Å². The quantitative estimate of drug-likeness (QED) is 0.843. The summed E-state index contributed by atoms with van der Waals surface area (Å²) >= 11 is 0. The van der Waals surface area contributed by atoms with E-state index in [2.05, 4.69) is 20.5 Å². The van der Waals surface area contributed by atoms with Crippen LogP contribution in [0.4, 0.5) is 0 Å². The van der Waals surface area contributed by atoms with Crippen LogP contribution in [0, 0.1) is 0 Å². The molecule has 1 aliphatic rings.